The number of aromatic nitrogens is 6. The lowest BCUT2D eigenvalue weighted by Crippen LogP contribution is -2.30. The van der Waals surface area contributed by atoms with Crippen molar-refractivity contribution in [1.29, 1.82) is 0 Å². The molecule has 4 rings (SSSR count). The van der Waals surface area contributed by atoms with E-state index in [0.717, 1.165) is 59.7 Å². The number of imidazole rings is 1. The Morgan fingerprint density at radius 2 is 1.75 bits per heavy atom. The first kappa shape index (κ1) is 28.8. The summed E-state index contributed by atoms with van der Waals surface area (Å²) in [7, 11) is 3.69. The lowest BCUT2D eigenvalue weighted by molar-refractivity contribution is -0.118. The van der Waals surface area contributed by atoms with E-state index >= 15 is 0 Å². The summed E-state index contributed by atoms with van der Waals surface area (Å²) < 4.78 is 3.42. The van der Waals surface area contributed by atoms with E-state index in [0.29, 0.717) is 18.7 Å². The van der Waals surface area contributed by atoms with Gasteiger partial charge in [0.05, 0.1) is 23.3 Å². The maximum Gasteiger partial charge on any atom is 0.269 e. The normalized spacial score (nSPS) is 12.4. The Labute approximate surface area is 235 Å². The standard InChI is InChI=1S/C30H40N8O2/c1-30(2,3)26-17-25(38(5)36-26)29(40)33-18-22(9-7-6-8-10-27(31)39)28-32-19-24(34-28)21-13-11-20(12-14-21)23-15-16-37(4)35-23/h11-17,19,22H,6-10,18H2,1-5H3,(H2,31,39)(H,32,34)(H,33,40). The highest BCUT2D eigenvalue weighted by Crippen LogP contribution is 2.26. The van der Waals surface area contributed by atoms with E-state index in [2.05, 4.69) is 53.4 Å². The summed E-state index contributed by atoms with van der Waals surface area (Å²) in [6, 6.07) is 12.0. The van der Waals surface area contributed by atoms with E-state index in [1.807, 2.05) is 43.7 Å². The number of hydrogen-bond acceptors (Lipinski definition) is 5. The molecule has 10 heteroatoms. The zero-order valence-electron chi connectivity index (χ0n) is 24.1. The molecule has 2 amide bonds. The first-order chi connectivity index (χ1) is 19.0. The zero-order chi connectivity index (χ0) is 28.9. The summed E-state index contributed by atoms with van der Waals surface area (Å²) in [4.78, 5) is 32.4. The Hall–Kier alpha value is -4.21. The quantitative estimate of drug-likeness (QED) is 0.226. The molecule has 40 heavy (non-hydrogen) atoms. The molecule has 0 bridgehead atoms. The minimum absolute atomic E-state index is 0.0191. The van der Waals surface area contributed by atoms with Crippen LogP contribution in [-0.2, 0) is 24.3 Å². The Bertz CT molecular complexity index is 1440. The highest BCUT2D eigenvalue weighted by atomic mass is 16.2. The second kappa shape index (κ2) is 12.3. The predicted molar refractivity (Wildman–Crippen MR) is 155 cm³/mol. The number of primary amides is 1. The lowest BCUT2D eigenvalue weighted by Gasteiger charge is -2.16. The average Bonchev–Trinajstić information content (AvgIpc) is 3.65. The van der Waals surface area contributed by atoms with E-state index < -0.39 is 0 Å². The van der Waals surface area contributed by atoms with Gasteiger partial charge < -0.3 is 16.0 Å². The number of benzene rings is 1. The molecule has 0 fully saturated rings. The molecule has 212 valence electrons. The van der Waals surface area contributed by atoms with Gasteiger partial charge in [-0.15, -0.1) is 0 Å². The van der Waals surface area contributed by atoms with Gasteiger partial charge >= 0.3 is 0 Å². The minimum atomic E-state index is -0.278. The van der Waals surface area contributed by atoms with Crippen molar-refractivity contribution in [3.8, 4) is 22.5 Å². The number of carbonyl (C=O) groups excluding carboxylic acids is 2. The molecule has 0 saturated heterocycles. The third-order valence-corrected chi connectivity index (χ3v) is 7.05. The summed E-state index contributed by atoms with van der Waals surface area (Å²) >= 11 is 0. The first-order valence-corrected chi connectivity index (χ1v) is 13.8. The highest BCUT2D eigenvalue weighted by Gasteiger charge is 2.23. The number of unbranched alkanes of at least 4 members (excludes halogenated alkanes) is 2. The highest BCUT2D eigenvalue weighted by molar-refractivity contribution is 5.92. The van der Waals surface area contributed by atoms with Crippen molar-refractivity contribution < 1.29 is 9.59 Å². The van der Waals surface area contributed by atoms with Crippen LogP contribution in [0.4, 0.5) is 0 Å². The van der Waals surface area contributed by atoms with Crippen molar-refractivity contribution in [3.05, 3.63) is 66.0 Å². The zero-order valence-corrected chi connectivity index (χ0v) is 24.1. The fourth-order valence-electron chi connectivity index (χ4n) is 4.64. The van der Waals surface area contributed by atoms with Crippen LogP contribution in [0.25, 0.3) is 22.5 Å². The molecule has 0 radical (unpaired) electrons. The number of carbonyl (C=O) groups is 2. The third kappa shape index (κ3) is 7.25. The van der Waals surface area contributed by atoms with Crippen LogP contribution in [0.1, 0.15) is 80.8 Å². The van der Waals surface area contributed by atoms with Crippen LogP contribution in [0.3, 0.4) is 0 Å². The molecule has 1 atom stereocenters. The molecule has 4 aromatic rings. The van der Waals surface area contributed by atoms with Crippen LogP contribution in [0.15, 0.2) is 48.8 Å². The van der Waals surface area contributed by atoms with Gasteiger partial charge in [0.1, 0.15) is 11.5 Å². The fourth-order valence-corrected chi connectivity index (χ4v) is 4.64. The number of amides is 2. The molecule has 0 saturated carbocycles. The number of nitrogens with two attached hydrogens (primary N) is 1. The molecular weight excluding hydrogens is 504 g/mol. The monoisotopic (exact) mass is 544 g/mol. The number of hydrogen-bond donors (Lipinski definition) is 3. The molecule has 1 aromatic carbocycles. The Balaban J connectivity index is 1.47. The van der Waals surface area contributed by atoms with E-state index in [-0.39, 0.29) is 23.1 Å². The van der Waals surface area contributed by atoms with E-state index in [1.165, 1.54) is 0 Å². The Kier molecular flexibility index (Phi) is 8.86. The average molecular weight is 545 g/mol. The largest absolute Gasteiger partial charge is 0.370 e. The van der Waals surface area contributed by atoms with Gasteiger partial charge in [0.15, 0.2) is 0 Å². The topological polar surface area (TPSA) is 137 Å². The van der Waals surface area contributed by atoms with Crippen LogP contribution in [0, 0.1) is 0 Å². The van der Waals surface area contributed by atoms with Gasteiger partial charge in [-0.1, -0.05) is 57.9 Å². The predicted octanol–water partition coefficient (Wildman–Crippen LogP) is 4.46. The Morgan fingerprint density at radius 1 is 1.02 bits per heavy atom. The third-order valence-electron chi connectivity index (χ3n) is 7.05. The van der Waals surface area contributed by atoms with Crippen LogP contribution in [0.5, 0.6) is 0 Å². The second-order valence-corrected chi connectivity index (χ2v) is 11.4. The Morgan fingerprint density at radius 3 is 2.38 bits per heavy atom. The van der Waals surface area contributed by atoms with Gasteiger partial charge in [-0.05, 0) is 30.5 Å². The molecule has 0 aliphatic rings. The van der Waals surface area contributed by atoms with E-state index in [4.69, 9.17) is 10.7 Å². The molecule has 0 aliphatic heterocycles. The van der Waals surface area contributed by atoms with Gasteiger partial charge in [0, 0.05) is 50.2 Å². The summed E-state index contributed by atoms with van der Waals surface area (Å²) in [5.74, 6) is 0.356. The lowest BCUT2D eigenvalue weighted by atomic mass is 9.92. The van der Waals surface area contributed by atoms with Crippen molar-refractivity contribution >= 4 is 11.8 Å². The van der Waals surface area contributed by atoms with Gasteiger partial charge in [0.25, 0.3) is 5.91 Å². The molecule has 0 aliphatic carbocycles. The number of rotatable bonds is 12. The maximum atomic E-state index is 13.1. The van der Waals surface area contributed by atoms with Crippen molar-refractivity contribution in [1.82, 2.24) is 34.8 Å². The molecule has 4 N–H and O–H groups in total. The number of nitrogens with zero attached hydrogens (tertiary/aromatic N) is 5. The van der Waals surface area contributed by atoms with Crippen molar-refractivity contribution in [2.45, 2.75) is 64.2 Å². The molecule has 3 heterocycles. The molecular formula is C30H40N8O2. The number of nitrogens with one attached hydrogen (secondary N) is 2. The van der Waals surface area contributed by atoms with Crippen molar-refractivity contribution in [3.63, 3.8) is 0 Å². The molecule has 0 spiro atoms. The van der Waals surface area contributed by atoms with Gasteiger partial charge in [-0.3, -0.25) is 19.0 Å². The van der Waals surface area contributed by atoms with Crippen molar-refractivity contribution in [2.75, 3.05) is 6.54 Å². The van der Waals surface area contributed by atoms with Gasteiger partial charge in [-0.25, -0.2) is 4.98 Å². The molecule has 1 unspecified atom stereocenters. The molecule has 10 nitrogen and oxygen atoms in total. The summed E-state index contributed by atoms with van der Waals surface area (Å²) in [5.41, 5.74) is 10.4. The van der Waals surface area contributed by atoms with E-state index in [9.17, 15) is 9.59 Å². The first-order valence-electron chi connectivity index (χ1n) is 13.8. The van der Waals surface area contributed by atoms with E-state index in [1.54, 1.807) is 16.4 Å². The van der Waals surface area contributed by atoms with Crippen LogP contribution >= 0.6 is 0 Å². The van der Waals surface area contributed by atoms with Crippen molar-refractivity contribution in [2.24, 2.45) is 19.8 Å². The smallest absolute Gasteiger partial charge is 0.269 e. The second-order valence-electron chi connectivity index (χ2n) is 11.4. The maximum absolute atomic E-state index is 13.1. The fraction of sp³-hybridized carbons (Fsp3) is 0.433. The minimum Gasteiger partial charge on any atom is -0.370 e. The number of aryl methyl sites for hydroxylation is 2. The summed E-state index contributed by atoms with van der Waals surface area (Å²) in [6.45, 7) is 6.65. The number of aromatic amines is 1. The summed E-state index contributed by atoms with van der Waals surface area (Å²) in [6.07, 6.45) is 7.49. The van der Waals surface area contributed by atoms with Gasteiger partial charge in [0.2, 0.25) is 5.91 Å². The van der Waals surface area contributed by atoms with Crippen LogP contribution in [-0.4, -0.2) is 47.9 Å². The van der Waals surface area contributed by atoms with Crippen LogP contribution < -0.4 is 11.1 Å². The van der Waals surface area contributed by atoms with Gasteiger partial charge in [-0.2, -0.15) is 10.2 Å². The SMILES string of the molecule is Cn1ccc(-c2ccc(-c3cnc(C(CCCCCC(N)=O)CNC(=O)c4cc(C(C)(C)C)nn4C)[nH]3)cc2)n1. The molecule has 3 aromatic heterocycles. The number of H-pyrrole nitrogens is 1. The van der Waals surface area contributed by atoms with Crippen LogP contribution in [0.2, 0.25) is 0 Å². The summed E-state index contributed by atoms with van der Waals surface area (Å²) in [5, 5.41) is 12.1.